The van der Waals surface area contributed by atoms with Crippen LogP contribution in [0.15, 0.2) is 54.6 Å². The fraction of sp³-hybridized carbons (Fsp3) is 0.294. The predicted octanol–water partition coefficient (Wildman–Crippen LogP) is 3.71. The van der Waals surface area contributed by atoms with Crippen molar-refractivity contribution in [2.75, 3.05) is 0 Å². The van der Waals surface area contributed by atoms with Crippen molar-refractivity contribution in [3.05, 3.63) is 65.7 Å². The molecule has 1 aliphatic rings. The van der Waals surface area contributed by atoms with Crippen LogP contribution in [-0.4, -0.2) is 5.11 Å². The lowest BCUT2D eigenvalue weighted by Gasteiger charge is -2.15. The molecule has 1 saturated carbocycles. The lowest BCUT2D eigenvalue weighted by atomic mass is 10.0. The van der Waals surface area contributed by atoms with E-state index in [1.807, 2.05) is 54.6 Å². The highest BCUT2D eigenvalue weighted by Crippen LogP contribution is 2.43. The summed E-state index contributed by atoms with van der Waals surface area (Å²) >= 11 is 0. The Morgan fingerprint density at radius 1 is 1.00 bits per heavy atom. The lowest BCUT2D eigenvalue weighted by molar-refractivity contribution is 0.147. The van der Waals surface area contributed by atoms with E-state index in [0.29, 0.717) is 12.5 Å². The van der Waals surface area contributed by atoms with Gasteiger partial charge in [0.25, 0.3) is 0 Å². The first-order valence-corrected chi connectivity index (χ1v) is 6.78. The van der Waals surface area contributed by atoms with Crippen molar-refractivity contribution in [2.24, 2.45) is 5.92 Å². The third-order valence-corrected chi connectivity index (χ3v) is 3.54. The van der Waals surface area contributed by atoms with Gasteiger partial charge in [0.05, 0.1) is 6.10 Å². The minimum atomic E-state index is -0.382. The van der Waals surface area contributed by atoms with Crippen LogP contribution >= 0.6 is 0 Å². The Bertz CT molecular complexity index is 532. The molecule has 2 heteroatoms. The summed E-state index contributed by atoms with van der Waals surface area (Å²) in [5, 5.41) is 10.3. The highest BCUT2D eigenvalue weighted by molar-refractivity contribution is 5.36. The van der Waals surface area contributed by atoms with Crippen LogP contribution in [0.5, 0.6) is 5.75 Å². The SMILES string of the molecule is OC(c1ccccc1OCc1ccccc1)C1CC1. The molecule has 2 aromatic rings. The minimum absolute atomic E-state index is 0.382. The first-order valence-electron chi connectivity index (χ1n) is 6.78. The molecule has 1 aliphatic carbocycles. The van der Waals surface area contributed by atoms with E-state index >= 15 is 0 Å². The normalized spacial score (nSPS) is 16.1. The van der Waals surface area contributed by atoms with Gasteiger partial charge in [-0.2, -0.15) is 0 Å². The molecule has 2 nitrogen and oxygen atoms in total. The predicted molar refractivity (Wildman–Crippen MR) is 74.9 cm³/mol. The quantitative estimate of drug-likeness (QED) is 0.881. The number of aliphatic hydroxyl groups is 1. The first-order chi connectivity index (χ1) is 9.34. The summed E-state index contributed by atoms with van der Waals surface area (Å²) in [7, 11) is 0. The topological polar surface area (TPSA) is 29.5 Å². The maximum atomic E-state index is 10.3. The summed E-state index contributed by atoms with van der Waals surface area (Å²) in [4.78, 5) is 0. The fourth-order valence-electron chi connectivity index (χ4n) is 2.26. The Hall–Kier alpha value is -1.80. The van der Waals surface area contributed by atoms with Gasteiger partial charge in [0.2, 0.25) is 0 Å². The van der Waals surface area contributed by atoms with E-state index in [-0.39, 0.29) is 6.10 Å². The van der Waals surface area contributed by atoms with Crippen LogP contribution in [-0.2, 0) is 6.61 Å². The molecule has 1 fully saturated rings. The number of hydrogen-bond acceptors (Lipinski definition) is 2. The molecule has 0 heterocycles. The van der Waals surface area contributed by atoms with Crippen molar-refractivity contribution in [3.8, 4) is 5.75 Å². The maximum Gasteiger partial charge on any atom is 0.125 e. The van der Waals surface area contributed by atoms with Gasteiger partial charge < -0.3 is 9.84 Å². The monoisotopic (exact) mass is 254 g/mol. The Balaban J connectivity index is 1.73. The fourth-order valence-corrected chi connectivity index (χ4v) is 2.26. The van der Waals surface area contributed by atoms with Crippen molar-refractivity contribution < 1.29 is 9.84 Å². The molecule has 1 N–H and O–H groups in total. The van der Waals surface area contributed by atoms with Crippen LogP contribution in [0.2, 0.25) is 0 Å². The van der Waals surface area contributed by atoms with Crippen LogP contribution in [0.3, 0.4) is 0 Å². The van der Waals surface area contributed by atoms with Crippen LogP contribution in [0.4, 0.5) is 0 Å². The molecule has 0 aliphatic heterocycles. The summed E-state index contributed by atoms with van der Waals surface area (Å²) in [6.07, 6.45) is 1.86. The van der Waals surface area contributed by atoms with Crippen molar-refractivity contribution in [2.45, 2.75) is 25.6 Å². The van der Waals surface area contributed by atoms with E-state index < -0.39 is 0 Å². The highest BCUT2D eigenvalue weighted by Gasteiger charge is 2.32. The van der Waals surface area contributed by atoms with Gasteiger partial charge in [0.15, 0.2) is 0 Å². The smallest absolute Gasteiger partial charge is 0.125 e. The maximum absolute atomic E-state index is 10.3. The average molecular weight is 254 g/mol. The number of benzene rings is 2. The molecule has 0 spiro atoms. The van der Waals surface area contributed by atoms with Gasteiger partial charge in [0, 0.05) is 5.56 Å². The largest absolute Gasteiger partial charge is 0.489 e. The van der Waals surface area contributed by atoms with E-state index in [2.05, 4.69) is 0 Å². The molecular formula is C17H18O2. The first kappa shape index (κ1) is 12.2. The number of rotatable bonds is 5. The molecule has 98 valence electrons. The van der Waals surface area contributed by atoms with Crippen molar-refractivity contribution in [1.82, 2.24) is 0 Å². The van der Waals surface area contributed by atoms with Crippen LogP contribution in [0.25, 0.3) is 0 Å². The van der Waals surface area contributed by atoms with E-state index in [1.54, 1.807) is 0 Å². The Labute approximate surface area is 113 Å². The summed E-state index contributed by atoms with van der Waals surface area (Å²) in [5.41, 5.74) is 2.05. The van der Waals surface area contributed by atoms with Crippen molar-refractivity contribution in [1.29, 1.82) is 0 Å². The van der Waals surface area contributed by atoms with Crippen molar-refractivity contribution in [3.63, 3.8) is 0 Å². The molecular weight excluding hydrogens is 236 g/mol. The molecule has 0 saturated heterocycles. The third-order valence-electron chi connectivity index (χ3n) is 3.54. The Kier molecular flexibility index (Phi) is 3.51. The van der Waals surface area contributed by atoms with Gasteiger partial charge in [-0.25, -0.2) is 0 Å². The Morgan fingerprint density at radius 2 is 1.68 bits per heavy atom. The lowest BCUT2D eigenvalue weighted by Crippen LogP contribution is -2.04. The molecule has 3 rings (SSSR count). The van der Waals surface area contributed by atoms with E-state index in [4.69, 9.17) is 4.74 Å². The molecule has 0 aromatic heterocycles. The van der Waals surface area contributed by atoms with Gasteiger partial charge in [-0.15, -0.1) is 0 Å². The molecule has 1 unspecified atom stereocenters. The molecule has 0 amide bonds. The summed E-state index contributed by atoms with van der Waals surface area (Å²) < 4.78 is 5.86. The van der Waals surface area contributed by atoms with Gasteiger partial charge in [-0.1, -0.05) is 48.5 Å². The third kappa shape index (κ3) is 2.96. The molecule has 19 heavy (non-hydrogen) atoms. The van der Waals surface area contributed by atoms with E-state index in [9.17, 15) is 5.11 Å². The number of ether oxygens (including phenoxy) is 1. The number of aliphatic hydroxyl groups excluding tert-OH is 1. The van der Waals surface area contributed by atoms with E-state index in [1.165, 1.54) is 0 Å². The second kappa shape index (κ2) is 5.45. The van der Waals surface area contributed by atoms with Gasteiger partial charge >= 0.3 is 0 Å². The zero-order valence-electron chi connectivity index (χ0n) is 10.8. The van der Waals surface area contributed by atoms with Crippen LogP contribution in [0, 0.1) is 5.92 Å². The number of hydrogen-bond donors (Lipinski definition) is 1. The standard InChI is InChI=1S/C17H18O2/c18-17(14-10-11-14)15-8-4-5-9-16(15)19-12-13-6-2-1-3-7-13/h1-9,14,17-18H,10-12H2. The molecule has 1 atom stereocenters. The summed E-state index contributed by atoms with van der Waals surface area (Å²) in [6, 6.07) is 17.9. The number of para-hydroxylation sites is 1. The average Bonchev–Trinajstić information content (AvgIpc) is 3.30. The molecule has 2 aromatic carbocycles. The van der Waals surface area contributed by atoms with Gasteiger partial charge in [-0.3, -0.25) is 0 Å². The van der Waals surface area contributed by atoms with E-state index in [0.717, 1.165) is 29.7 Å². The van der Waals surface area contributed by atoms with Gasteiger partial charge in [-0.05, 0) is 30.4 Å². The van der Waals surface area contributed by atoms with Gasteiger partial charge in [0.1, 0.15) is 12.4 Å². The second-order valence-corrected chi connectivity index (χ2v) is 5.09. The summed E-state index contributed by atoms with van der Waals surface area (Å²) in [6.45, 7) is 0.537. The Morgan fingerprint density at radius 3 is 2.42 bits per heavy atom. The zero-order valence-corrected chi connectivity index (χ0v) is 10.8. The molecule has 0 bridgehead atoms. The highest BCUT2D eigenvalue weighted by atomic mass is 16.5. The zero-order chi connectivity index (χ0) is 13.1. The summed E-state index contributed by atoms with van der Waals surface area (Å²) in [5.74, 6) is 1.22. The van der Waals surface area contributed by atoms with Crippen molar-refractivity contribution >= 4 is 0 Å². The molecule has 0 radical (unpaired) electrons. The second-order valence-electron chi connectivity index (χ2n) is 5.09. The van der Waals surface area contributed by atoms with Crippen LogP contribution in [0.1, 0.15) is 30.1 Å². The van der Waals surface area contributed by atoms with Crippen LogP contribution < -0.4 is 4.74 Å². The minimum Gasteiger partial charge on any atom is -0.489 e.